The highest BCUT2D eigenvalue weighted by molar-refractivity contribution is 6.31. The molecule has 140 valence electrons. The minimum Gasteiger partial charge on any atom is -0.337 e. The fourth-order valence-corrected chi connectivity index (χ4v) is 4.60. The number of carbonyl (C=O) groups is 1. The molecule has 0 saturated carbocycles. The van der Waals surface area contributed by atoms with E-state index in [0.29, 0.717) is 5.02 Å². The Hall–Kier alpha value is -2.44. The van der Waals surface area contributed by atoms with Crippen LogP contribution >= 0.6 is 11.6 Å². The van der Waals surface area contributed by atoms with E-state index in [2.05, 4.69) is 13.1 Å². The van der Waals surface area contributed by atoms with Gasteiger partial charge in [-0.1, -0.05) is 29.3 Å². The fraction of sp³-hybridized carbons (Fsp3) is 0.350. The molecule has 27 heavy (non-hydrogen) atoms. The van der Waals surface area contributed by atoms with Crippen LogP contribution in [0.25, 0.3) is 0 Å². The third kappa shape index (κ3) is 2.99. The van der Waals surface area contributed by atoms with Crippen LogP contribution in [0.2, 0.25) is 5.02 Å². The number of nitro groups is 1. The summed E-state index contributed by atoms with van der Waals surface area (Å²) in [5, 5.41) is 11.8. The Balaban J connectivity index is 1.83. The van der Waals surface area contributed by atoms with Gasteiger partial charge in [-0.15, -0.1) is 0 Å². The number of benzene rings is 2. The van der Waals surface area contributed by atoms with E-state index in [1.807, 2.05) is 19.1 Å². The lowest BCUT2D eigenvalue weighted by Gasteiger charge is -2.34. The Bertz CT molecular complexity index is 946. The van der Waals surface area contributed by atoms with Crippen molar-refractivity contribution in [3.05, 3.63) is 68.2 Å². The number of fused-ring (bicyclic) bond motifs is 3. The number of quaternary nitrogens is 1. The lowest BCUT2D eigenvalue weighted by atomic mass is 9.88. The topological polar surface area (TPSA) is 67.9 Å². The molecule has 0 radical (unpaired) electrons. The number of carbonyl (C=O) groups excluding carboxylic acids is 1. The third-order valence-electron chi connectivity index (χ3n) is 5.68. The van der Waals surface area contributed by atoms with Gasteiger partial charge in [-0.05, 0) is 30.7 Å². The quantitative estimate of drug-likeness (QED) is 0.637. The molecule has 2 heterocycles. The van der Waals surface area contributed by atoms with E-state index in [-0.39, 0.29) is 29.1 Å². The first kappa shape index (κ1) is 17.9. The van der Waals surface area contributed by atoms with Crippen molar-refractivity contribution in [2.45, 2.75) is 25.3 Å². The van der Waals surface area contributed by atoms with Gasteiger partial charge in [0.15, 0.2) is 0 Å². The van der Waals surface area contributed by atoms with Crippen molar-refractivity contribution in [3.63, 3.8) is 0 Å². The molecule has 1 N–H and O–H groups in total. The van der Waals surface area contributed by atoms with Crippen LogP contribution in [0.5, 0.6) is 0 Å². The average molecular weight is 387 g/mol. The van der Waals surface area contributed by atoms with Crippen LogP contribution in [0.3, 0.4) is 0 Å². The monoisotopic (exact) mass is 386 g/mol. The second kappa shape index (κ2) is 6.62. The number of piperidine rings is 1. The summed E-state index contributed by atoms with van der Waals surface area (Å²) in [5.41, 5.74) is 3.02. The molecule has 2 aliphatic rings. The van der Waals surface area contributed by atoms with Crippen LogP contribution in [0.1, 0.15) is 33.8 Å². The molecule has 1 amide bonds. The maximum Gasteiger partial charge on any atom is 0.282 e. The maximum absolute atomic E-state index is 13.5. The van der Waals surface area contributed by atoms with Gasteiger partial charge in [0.25, 0.3) is 11.6 Å². The van der Waals surface area contributed by atoms with Crippen LogP contribution in [0.15, 0.2) is 36.4 Å². The highest BCUT2D eigenvalue weighted by atomic mass is 35.5. The highest BCUT2D eigenvalue weighted by Gasteiger charge is 2.46. The molecule has 3 atom stereocenters. The summed E-state index contributed by atoms with van der Waals surface area (Å²) in [6.07, 6.45) is 0.865. The molecule has 7 heteroatoms. The van der Waals surface area contributed by atoms with Gasteiger partial charge in [0, 0.05) is 23.2 Å². The number of halogens is 1. The lowest BCUT2D eigenvalue weighted by molar-refractivity contribution is -0.886. The number of hydrogen-bond acceptors (Lipinski definition) is 3. The van der Waals surface area contributed by atoms with Crippen LogP contribution in [-0.2, 0) is 0 Å². The Kier molecular flexibility index (Phi) is 4.40. The number of nitrogens with zero attached hydrogens (tertiary/aromatic N) is 2. The Labute approximate surface area is 162 Å². The first-order valence-corrected chi connectivity index (χ1v) is 9.44. The van der Waals surface area contributed by atoms with Crippen LogP contribution in [0.4, 0.5) is 11.4 Å². The molecular weight excluding hydrogens is 366 g/mol. The molecule has 4 rings (SSSR count). The van der Waals surface area contributed by atoms with Gasteiger partial charge in [-0.3, -0.25) is 14.9 Å². The lowest BCUT2D eigenvalue weighted by Crippen LogP contribution is -3.11. The standard InChI is InChI=1S/C20H20ClN3O3/c1-12-3-5-17-14(9-12)16-11-22(2)8-7-18(16)23(17)20(25)15-10-13(21)4-6-19(15)24(26)27/h3-6,9-10,16,18H,7-8,11H2,1-2H3/p+1/t16-,18+/m0/s1. The number of nitrogens with one attached hydrogen (secondary N) is 1. The summed E-state index contributed by atoms with van der Waals surface area (Å²) in [6, 6.07) is 10.3. The second-order valence-corrected chi connectivity index (χ2v) is 7.97. The number of nitro benzene ring substituents is 1. The molecule has 1 fully saturated rings. The Morgan fingerprint density at radius 1 is 1.30 bits per heavy atom. The van der Waals surface area contributed by atoms with Crippen molar-refractivity contribution in [2.75, 3.05) is 25.0 Å². The van der Waals surface area contributed by atoms with Crippen molar-refractivity contribution in [3.8, 4) is 0 Å². The molecule has 2 aromatic carbocycles. The predicted molar refractivity (Wildman–Crippen MR) is 104 cm³/mol. The number of rotatable bonds is 2. The highest BCUT2D eigenvalue weighted by Crippen LogP contribution is 2.44. The minimum absolute atomic E-state index is 0.0246. The van der Waals surface area contributed by atoms with Gasteiger partial charge >= 0.3 is 0 Å². The minimum atomic E-state index is -0.522. The van der Waals surface area contributed by atoms with Crippen molar-refractivity contribution < 1.29 is 14.6 Å². The molecule has 1 saturated heterocycles. The predicted octanol–water partition coefficient (Wildman–Crippen LogP) is 2.59. The number of likely N-dealkylation sites (N-methyl/N-ethyl adjacent to an activating group) is 1. The number of likely N-dealkylation sites (tertiary alicyclic amines) is 1. The number of hydrogen-bond donors (Lipinski definition) is 1. The summed E-state index contributed by atoms with van der Waals surface area (Å²) < 4.78 is 0. The first-order chi connectivity index (χ1) is 12.9. The zero-order chi connectivity index (χ0) is 19.3. The van der Waals surface area contributed by atoms with Crippen molar-refractivity contribution in [1.29, 1.82) is 0 Å². The molecule has 2 aliphatic heterocycles. The largest absolute Gasteiger partial charge is 0.337 e. The summed E-state index contributed by atoms with van der Waals surface area (Å²) in [5.74, 6) is -0.0998. The average Bonchev–Trinajstić information content (AvgIpc) is 2.93. The molecule has 2 aromatic rings. The van der Waals surface area contributed by atoms with Crippen molar-refractivity contribution in [2.24, 2.45) is 0 Å². The van der Waals surface area contributed by atoms with E-state index in [1.165, 1.54) is 23.1 Å². The maximum atomic E-state index is 13.5. The number of aryl methyl sites for hydroxylation is 1. The summed E-state index contributed by atoms with van der Waals surface area (Å²) >= 11 is 6.05. The molecule has 0 aromatic heterocycles. The number of anilines is 1. The van der Waals surface area contributed by atoms with Crippen LogP contribution < -0.4 is 9.80 Å². The normalized spacial score (nSPS) is 23.7. The van der Waals surface area contributed by atoms with E-state index in [4.69, 9.17) is 11.6 Å². The molecule has 0 bridgehead atoms. The van der Waals surface area contributed by atoms with Gasteiger partial charge in [0.2, 0.25) is 0 Å². The fourth-order valence-electron chi connectivity index (χ4n) is 4.43. The summed E-state index contributed by atoms with van der Waals surface area (Å²) in [7, 11) is 2.16. The van der Waals surface area contributed by atoms with Crippen LogP contribution in [0, 0.1) is 17.0 Å². The van der Waals surface area contributed by atoms with Crippen molar-refractivity contribution in [1.82, 2.24) is 0 Å². The third-order valence-corrected chi connectivity index (χ3v) is 5.91. The zero-order valence-corrected chi connectivity index (χ0v) is 16.0. The first-order valence-electron chi connectivity index (χ1n) is 9.06. The van der Waals surface area contributed by atoms with E-state index in [0.717, 1.165) is 36.3 Å². The molecule has 0 aliphatic carbocycles. The summed E-state index contributed by atoms with van der Waals surface area (Å²) in [6.45, 7) is 3.96. The van der Waals surface area contributed by atoms with Gasteiger partial charge < -0.3 is 9.80 Å². The van der Waals surface area contributed by atoms with E-state index in [1.54, 1.807) is 4.90 Å². The van der Waals surface area contributed by atoms with Gasteiger partial charge in [0.1, 0.15) is 5.56 Å². The zero-order valence-electron chi connectivity index (χ0n) is 15.2. The van der Waals surface area contributed by atoms with E-state index >= 15 is 0 Å². The van der Waals surface area contributed by atoms with Crippen LogP contribution in [-0.4, -0.2) is 37.0 Å². The van der Waals surface area contributed by atoms with Gasteiger partial charge in [0.05, 0.1) is 37.0 Å². The van der Waals surface area contributed by atoms with Gasteiger partial charge in [-0.25, -0.2) is 0 Å². The second-order valence-electron chi connectivity index (χ2n) is 7.53. The Morgan fingerprint density at radius 2 is 2.07 bits per heavy atom. The van der Waals surface area contributed by atoms with E-state index in [9.17, 15) is 14.9 Å². The summed E-state index contributed by atoms with van der Waals surface area (Å²) in [4.78, 5) is 27.6. The molecular formula is C20H21ClN3O3+. The van der Waals surface area contributed by atoms with Crippen molar-refractivity contribution >= 4 is 28.9 Å². The van der Waals surface area contributed by atoms with E-state index < -0.39 is 4.92 Å². The molecule has 6 nitrogen and oxygen atoms in total. The SMILES string of the molecule is Cc1ccc2c(c1)[C@@H]1C[NH+](C)CC[C@H]1N2C(=O)c1cc(Cl)ccc1[N+](=O)[O-]. The molecule has 0 spiro atoms. The smallest absolute Gasteiger partial charge is 0.282 e. The Morgan fingerprint density at radius 3 is 2.81 bits per heavy atom. The van der Waals surface area contributed by atoms with Gasteiger partial charge in [-0.2, -0.15) is 0 Å². The number of amides is 1. The molecule has 1 unspecified atom stereocenters.